The number of rotatable bonds is 9. The van der Waals surface area contributed by atoms with Gasteiger partial charge in [0.1, 0.15) is 0 Å². The van der Waals surface area contributed by atoms with Gasteiger partial charge in [-0.25, -0.2) is 0 Å². The molecule has 0 N–H and O–H groups in total. The molecule has 0 spiro atoms. The third-order valence-electron chi connectivity index (χ3n) is 8.33. The van der Waals surface area contributed by atoms with Gasteiger partial charge in [-0.2, -0.15) is 0 Å². The maximum atomic E-state index is 2.30. The van der Waals surface area contributed by atoms with Crippen molar-refractivity contribution < 1.29 is 0 Å². The number of hydrogen-bond acceptors (Lipinski definition) is 4. The Hall–Kier alpha value is -5.68. The van der Waals surface area contributed by atoms with Crippen molar-refractivity contribution in [3.63, 3.8) is 0 Å². The van der Waals surface area contributed by atoms with Crippen LogP contribution in [0.15, 0.2) is 194 Å². The van der Waals surface area contributed by atoms with Gasteiger partial charge in [0.05, 0.1) is 0 Å². The minimum absolute atomic E-state index is 1.14. The molecule has 8 rings (SSSR count). The molecule has 2 aromatic heterocycles. The molecular formula is C44H32N2S2. The molecule has 0 fully saturated rings. The molecule has 0 amide bonds. The lowest BCUT2D eigenvalue weighted by Crippen LogP contribution is -2.09. The van der Waals surface area contributed by atoms with E-state index in [0.29, 0.717) is 0 Å². The Morgan fingerprint density at radius 2 is 0.479 bits per heavy atom. The molecule has 4 heteroatoms. The topological polar surface area (TPSA) is 6.48 Å². The van der Waals surface area contributed by atoms with Crippen molar-refractivity contribution in [2.45, 2.75) is 0 Å². The van der Waals surface area contributed by atoms with Crippen LogP contribution in [0.5, 0.6) is 0 Å². The molecule has 2 nitrogen and oxygen atoms in total. The third-order valence-corrected chi connectivity index (χ3v) is 10.8. The van der Waals surface area contributed by atoms with E-state index in [-0.39, 0.29) is 0 Å². The van der Waals surface area contributed by atoms with Crippen molar-refractivity contribution in [1.82, 2.24) is 0 Å². The summed E-state index contributed by atoms with van der Waals surface area (Å²) in [4.78, 5) is 9.70. The van der Waals surface area contributed by atoms with Crippen molar-refractivity contribution in [2.24, 2.45) is 0 Å². The first-order chi connectivity index (χ1) is 23.8. The predicted molar refractivity (Wildman–Crippen MR) is 208 cm³/mol. The van der Waals surface area contributed by atoms with Crippen molar-refractivity contribution in [3.8, 4) is 30.6 Å². The van der Waals surface area contributed by atoms with Gasteiger partial charge in [0.2, 0.25) is 0 Å². The van der Waals surface area contributed by atoms with Crippen LogP contribution in [-0.2, 0) is 0 Å². The van der Waals surface area contributed by atoms with E-state index >= 15 is 0 Å². The highest BCUT2D eigenvalue weighted by Crippen LogP contribution is 2.42. The van der Waals surface area contributed by atoms with Crippen LogP contribution in [0, 0.1) is 0 Å². The summed E-state index contributed by atoms with van der Waals surface area (Å²) >= 11 is 3.69. The number of nitrogens with zero attached hydrogens (tertiary/aromatic N) is 2. The predicted octanol–water partition coefficient (Wildman–Crippen LogP) is 13.8. The SMILES string of the molecule is c1ccc(N(c2ccccc2)c2ccc(-c3ccc(-c4ccc(-c5ccc(N(c6ccccc6)c6ccccc6)cc5)s4)s3)cc2)cc1. The Morgan fingerprint density at radius 3 is 0.771 bits per heavy atom. The molecule has 0 aliphatic rings. The van der Waals surface area contributed by atoms with Crippen LogP contribution in [0.4, 0.5) is 34.1 Å². The fourth-order valence-corrected chi connectivity index (χ4v) is 8.12. The van der Waals surface area contributed by atoms with Crippen LogP contribution in [0.25, 0.3) is 30.6 Å². The highest BCUT2D eigenvalue weighted by atomic mass is 32.1. The van der Waals surface area contributed by atoms with E-state index in [1.165, 1.54) is 30.6 Å². The standard InChI is InChI=1S/C44H32N2S2/c1-5-13-35(14-6-1)45(36-15-7-2-8-16-36)39-25-21-33(22-26-39)41-29-31-43(47-41)44-32-30-42(48-44)34-23-27-40(28-24-34)46(37-17-9-3-10-18-37)38-19-11-4-12-20-38/h1-32H. The van der Waals surface area contributed by atoms with Crippen molar-refractivity contribution >= 4 is 56.8 Å². The molecule has 230 valence electrons. The molecule has 48 heavy (non-hydrogen) atoms. The Labute approximate surface area is 290 Å². The van der Waals surface area contributed by atoms with Crippen LogP contribution in [-0.4, -0.2) is 0 Å². The van der Waals surface area contributed by atoms with Crippen LogP contribution >= 0.6 is 22.7 Å². The zero-order valence-corrected chi connectivity index (χ0v) is 27.8. The van der Waals surface area contributed by atoms with Gasteiger partial charge in [0.25, 0.3) is 0 Å². The van der Waals surface area contributed by atoms with Gasteiger partial charge < -0.3 is 9.80 Å². The molecule has 0 bridgehead atoms. The Morgan fingerprint density at radius 1 is 0.229 bits per heavy atom. The molecule has 6 aromatic carbocycles. The molecule has 0 unspecified atom stereocenters. The van der Waals surface area contributed by atoms with Crippen LogP contribution in [0.2, 0.25) is 0 Å². The Bertz CT molecular complexity index is 1960. The smallest absolute Gasteiger partial charge is 0.0462 e. The fraction of sp³-hybridized carbons (Fsp3) is 0. The number of anilines is 6. The molecular weight excluding hydrogens is 621 g/mol. The van der Waals surface area contributed by atoms with Gasteiger partial charge in [0, 0.05) is 53.6 Å². The lowest BCUT2D eigenvalue weighted by molar-refractivity contribution is 1.28. The van der Waals surface area contributed by atoms with Gasteiger partial charge in [0.15, 0.2) is 0 Å². The summed E-state index contributed by atoms with van der Waals surface area (Å²) in [6.07, 6.45) is 0. The summed E-state index contributed by atoms with van der Waals surface area (Å²) in [6, 6.07) is 69.0. The first-order valence-electron chi connectivity index (χ1n) is 16.0. The molecule has 0 saturated carbocycles. The summed E-state index contributed by atoms with van der Waals surface area (Å²) < 4.78 is 0. The van der Waals surface area contributed by atoms with Gasteiger partial charge in [-0.05, 0) is 108 Å². The van der Waals surface area contributed by atoms with E-state index < -0.39 is 0 Å². The van der Waals surface area contributed by atoms with Gasteiger partial charge in [-0.3, -0.25) is 0 Å². The van der Waals surface area contributed by atoms with Crippen LogP contribution < -0.4 is 9.80 Å². The lowest BCUT2D eigenvalue weighted by Gasteiger charge is -2.25. The second-order valence-corrected chi connectivity index (χ2v) is 13.6. The van der Waals surface area contributed by atoms with E-state index in [0.717, 1.165) is 34.1 Å². The normalized spacial score (nSPS) is 10.9. The summed E-state index contributed by atoms with van der Waals surface area (Å²) in [6.45, 7) is 0. The van der Waals surface area contributed by atoms with E-state index in [4.69, 9.17) is 0 Å². The fourth-order valence-electron chi connectivity index (χ4n) is 6.00. The van der Waals surface area contributed by atoms with E-state index in [2.05, 4.69) is 204 Å². The van der Waals surface area contributed by atoms with Crippen molar-refractivity contribution in [2.75, 3.05) is 9.80 Å². The highest BCUT2D eigenvalue weighted by molar-refractivity contribution is 7.25. The highest BCUT2D eigenvalue weighted by Gasteiger charge is 2.15. The number of benzene rings is 6. The maximum Gasteiger partial charge on any atom is 0.0462 e. The average Bonchev–Trinajstić information content (AvgIpc) is 3.86. The number of hydrogen-bond donors (Lipinski definition) is 0. The van der Waals surface area contributed by atoms with Gasteiger partial charge >= 0.3 is 0 Å². The molecule has 0 aliphatic carbocycles. The average molecular weight is 653 g/mol. The van der Waals surface area contributed by atoms with Gasteiger partial charge in [-0.1, -0.05) is 97.1 Å². The minimum Gasteiger partial charge on any atom is -0.311 e. The van der Waals surface area contributed by atoms with E-state index in [1.807, 2.05) is 22.7 Å². The largest absolute Gasteiger partial charge is 0.311 e. The minimum atomic E-state index is 1.14. The van der Waals surface area contributed by atoms with E-state index in [1.54, 1.807) is 0 Å². The molecule has 8 aromatic rings. The second-order valence-electron chi connectivity index (χ2n) is 11.4. The Balaban J connectivity index is 1.02. The van der Waals surface area contributed by atoms with Gasteiger partial charge in [-0.15, -0.1) is 22.7 Å². The zero-order chi connectivity index (χ0) is 32.1. The van der Waals surface area contributed by atoms with E-state index in [9.17, 15) is 0 Å². The Kier molecular flexibility index (Phi) is 8.41. The summed E-state index contributed by atoms with van der Waals surface area (Å²) in [5.74, 6) is 0. The lowest BCUT2D eigenvalue weighted by atomic mass is 10.1. The van der Waals surface area contributed by atoms with Crippen LogP contribution in [0.1, 0.15) is 0 Å². The molecule has 0 saturated heterocycles. The quantitative estimate of drug-likeness (QED) is 0.153. The number of thiophene rings is 2. The summed E-state index contributed by atoms with van der Waals surface area (Å²) in [5.41, 5.74) is 9.29. The summed E-state index contributed by atoms with van der Waals surface area (Å²) in [7, 11) is 0. The second kappa shape index (κ2) is 13.6. The molecule has 2 heterocycles. The monoisotopic (exact) mass is 652 g/mol. The zero-order valence-electron chi connectivity index (χ0n) is 26.2. The maximum absolute atomic E-state index is 2.30. The molecule has 0 radical (unpaired) electrons. The first kappa shape index (κ1) is 29.7. The molecule has 0 aliphatic heterocycles. The molecule has 0 atom stereocenters. The van der Waals surface area contributed by atoms with Crippen molar-refractivity contribution in [3.05, 3.63) is 194 Å². The summed E-state index contributed by atoms with van der Waals surface area (Å²) in [5, 5.41) is 0. The van der Waals surface area contributed by atoms with Crippen LogP contribution in [0.3, 0.4) is 0 Å². The third kappa shape index (κ3) is 6.19. The number of para-hydroxylation sites is 4. The van der Waals surface area contributed by atoms with Crippen molar-refractivity contribution in [1.29, 1.82) is 0 Å². The first-order valence-corrected chi connectivity index (χ1v) is 17.6.